The molecular weight excluding hydrogens is 578 g/mol. The molecule has 5 rings (SSSR count). The van der Waals surface area contributed by atoms with Crippen molar-refractivity contribution in [2.24, 2.45) is 7.05 Å². The fourth-order valence-electron chi connectivity index (χ4n) is 6.05. The molecule has 0 spiro atoms. The second-order valence-electron chi connectivity index (χ2n) is 12.2. The third-order valence-corrected chi connectivity index (χ3v) is 8.83. The van der Waals surface area contributed by atoms with E-state index in [0.29, 0.717) is 29.0 Å². The third kappa shape index (κ3) is 7.23. The average molecular weight is 624 g/mol. The summed E-state index contributed by atoms with van der Waals surface area (Å²) in [5, 5.41) is 6.28. The van der Waals surface area contributed by atoms with Gasteiger partial charge in [0.15, 0.2) is 5.75 Å². The summed E-state index contributed by atoms with van der Waals surface area (Å²) in [6, 6.07) is 14.1. The first kappa shape index (κ1) is 32.7. The van der Waals surface area contributed by atoms with Crippen LogP contribution in [0.15, 0.2) is 54.9 Å². The van der Waals surface area contributed by atoms with Crippen molar-refractivity contribution in [1.82, 2.24) is 24.3 Å². The van der Waals surface area contributed by atoms with Crippen LogP contribution in [0, 0.1) is 13.8 Å². The summed E-state index contributed by atoms with van der Waals surface area (Å²) in [6.45, 7) is 9.58. The van der Waals surface area contributed by atoms with Gasteiger partial charge in [-0.3, -0.25) is 10.1 Å². The molecule has 2 aromatic carbocycles. The second kappa shape index (κ2) is 14.2. The highest BCUT2D eigenvalue weighted by molar-refractivity contribution is 5.95. The zero-order valence-electron chi connectivity index (χ0n) is 28.0. The summed E-state index contributed by atoms with van der Waals surface area (Å²) in [5.41, 5.74) is 7.75. The number of amides is 2. The smallest absolute Gasteiger partial charge is 0.408 e. The number of benzene rings is 2. The first-order valence-corrected chi connectivity index (χ1v) is 16.0. The number of rotatable bonds is 9. The van der Waals surface area contributed by atoms with Crippen molar-refractivity contribution in [3.05, 3.63) is 82.7 Å². The maximum atomic E-state index is 13.2. The highest BCUT2D eigenvalue weighted by atomic mass is 16.6. The van der Waals surface area contributed by atoms with Crippen LogP contribution in [-0.4, -0.2) is 69.6 Å². The fourth-order valence-corrected chi connectivity index (χ4v) is 6.05. The van der Waals surface area contributed by atoms with Crippen LogP contribution in [0.2, 0.25) is 0 Å². The van der Waals surface area contributed by atoms with Crippen molar-refractivity contribution in [2.75, 3.05) is 37.8 Å². The van der Waals surface area contributed by atoms with Gasteiger partial charge in [0.05, 0.1) is 17.1 Å². The van der Waals surface area contributed by atoms with Gasteiger partial charge in [-0.15, -0.1) is 0 Å². The van der Waals surface area contributed by atoms with E-state index in [9.17, 15) is 9.59 Å². The topological polar surface area (TPSA) is 105 Å². The Morgan fingerprint density at radius 3 is 2.33 bits per heavy atom. The second-order valence-corrected chi connectivity index (χ2v) is 12.2. The van der Waals surface area contributed by atoms with E-state index < -0.39 is 6.09 Å². The Bertz CT molecular complexity index is 1700. The SMILES string of the molecule is CCc1cccc(CC)c1NC(=O)Oc1cc(-c2nc(Nc3ccc(C(=O)N4CCC(N(C)C)CC4)cc3C)ncc2C)n(C)c1. The van der Waals surface area contributed by atoms with E-state index in [-0.39, 0.29) is 5.91 Å². The van der Waals surface area contributed by atoms with Crippen LogP contribution in [0.3, 0.4) is 0 Å². The Morgan fingerprint density at radius 2 is 1.70 bits per heavy atom. The van der Waals surface area contributed by atoms with Gasteiger partial charge in [-0.25, -0.2) is 14.8 Å². The molecule has 1 fully saturated rings. The molecule has 0 unspecified atom stereocenters. The van der Waals surface area contributed by atoms with E-state index in [1.807, 2.05) is 66.8 Å². The lowest BCUT2D eigenvalue weighted by molar-refractivity contribution is 0.0663. The van der Waals surface area contributed by atoms with E-state index in [1.165, 1.54) is 0 Å². The predicted octanol–water partition coefficient (Wildman–Crippen LogP) is 6.74. The number of hydrogen-bond acceptors (Lipinski definition) is 7. The number of aryl methyl sites for hydroxylation is 5. The minimum Gasteiger partial charge on any atom is -0.408 e. The number of carbonyl (C=O) groups is 2. The zero-order chi connectivity index (χ0) is 33.0. The fraction of sp³-hybridized carbons (Fsp3) is 0.389. The van der Waals surface area contributed by atoms with Crippen LogP contribution in [0.4, 0.5) is 22.1 Å². The van der Waals surface area contributed by atoms with Crippen molar-refractivity contribution in [1.29, 1.82) is 0 Å². The lowest BCUT2D eigenvalue weighted by atomic mass is 10.0. The molecule has 10 heteroatoms. The van der Waals surface area contributed by atoms with Gasteiger partial charge in [0, 0.05) is 55.9 Å². The average Bonchev–Trinajstić information content (AvgIpc) is 3.41. The third-order valence-electron chi connectivity index (χ3n) is 8.83. The number of piperidine rings is 1. The number of likely N-dealkylation sites (tertiary alicyclic amines) is 1. The molecule has 2 aromatic heterocycles. The van der Waals surface area contributed by atoms with Gasteiger partial charge in [0.25, 0.3) is 5.91 Å². The molecular formula is C36H45N7O3. The summed E-state index contributed by atoms with van der Waals surface area (Å²) < 4.78 is 7.59. The monoisotopic (exact) mass is 623 g/mol. The molecule has 1 aliphatic heterocycles. The molecule has 0 aliphatic carbocycles. The Labute approximate surface area is 271 Å². The molecule has 242 valence electrons. The van der Waals surface area contributed by atoms with Crippen LogP contribution >= 0.6 is 0 Å². The molecule has 1 aliphatic rings. The predicted molar refractivity (Wildman–Crippen MR) is 183 cm³/mol. The van der Waals surface area contributed by atoms with Gasteiger partial charge in [-0.05, 0) is 94.1 Å². The largest absolute Gasteiger partial charge is 0.417 e. The summed E-state index contributed by atoms with van der Waals surface area (Å²) in [6.07, 6.45) is 6.58. The molecule has 3 heterocycles. The van der Waals surface area contributed by atoms with Crippen molar-refractivity contribution in [2.45, 2.75) is 59.4 Å². The van der Waals surface area contributed by atoms with Crippen LogP contribution in [0.5, 0.6) is 5.75 Å². The number of carbonyl (C=O) groups excluding carboxylic acids is 2. The summed E-state index contributed by atoms with van der Waals surface area (Å²) in [4.78, 5) is 39.7. The van der Waals surface area contributed by atoms with Gasteiger partial charge in [-0.2, -0.15) is 0 Å². The van der Waals surface area contributed by atoms with Gasteiger partial charge >= 0.3 is 6.09 Å². The van der Waals surface area contributed by atoms with Crippen LogP contribution in [0.1, 0.15) is 59.3 Å². The van der Waals surface area contributed by atoms with E-state index >= 15 is 0 Å². The Hall–Kier alpha value is -4.70. The molecule has 46 heavy (non-hydrogen) atoms. The van der Waals surface area contributed by atoms with Gasteiger partial charge in [-0.1, -0.05) is 32.0 Å². The number of ether oxygens (including phenoxy) is 1. The number of nitrogens with one attached hydrogen (secondary N) is 2. The van der Waals surface area contributed by atoms with Crippen molar-refractivity contribution in [3.63, 3.8) is 0 Å². The van der Waals surface area contributed by atoms with Gasteiger partial charge < -0.3 is 24.4 Å². The van der Waals surface area contributed by atoms with Crippen LogP contribution < -0.4 is 15.4 Å². The highest BCUT2D eigenvalue weighted by Gasteiger charge is 2.25. The number of para-hydroxylation sites is 1. The van der Waals surface area contributed by atoms with Gasteiger partial charge in [0.1, 0.15) is 0 Å². The lowest BCUT2D eigenvalue weighted by Crippen LogP contribution is -2.44. The normalized spacial score (nSPS) is 13.6. The van der Waals surface area contributed by atoms with Crippen LogP contribution in [0.25, 0.3) is 11.4 Å². The molecule has 2 amide bonds. The molecule has 0 saturated carbocycles. The molecule has 10 nitrogen and oxygen atoms in total. The van der Waals surface area contributed by atoms with E-state index in [1.54, 1.807) is 18.5 Å². The molecule has 4 aromatic rings. The Morgan fingerprint density at radius 1 is 1.00 bits per heavy atom. The first-order chi connectivity index (χ1) is 22.1. The summed E-state index contributed by atoms with van der Waals surface area (Å²) >= 11 is 0. The van der Waals surface area contributed by atoms with Crippen molar-refractivity contribution in [3.8, 4) is 17.1 Å². The van der Waals surface area contributed by atoms with E-state index in [2.05, 4.69) is 48.5 Å². The molecule has 0 radical (unpaired) electrons. The zero-order valence-corrected chi connectivity index (χ0v) is 28.0. The minimum atomic E-state index is -0.537. The Kier molecular flexibility index (Phi) is 10.1. The first-order valence-electron chi connectivity index (χ1n) is 16.0. The lowest BCUT2D eigenvalue weighted by Gasteiger charge is -2.35. The number of aromatic nitrogens is 3. The van der Waals surface area contributed by atoms with Crippen LogP contribution in [-0.2, 0) is 19.9 Å². The highest BCUT2D eigenvalue weighted by Crippen LogP contribution is 2.30. The van der Waals surface area contributed by atoms with E-state index in [0.717, 1.165) is 78.1 Å². The minimum absolute atomic E-state index is 0.0662. The maximum absolute atomic E-state index is 13.2. The summed E-state index contributed by atoms with van der Waals surface area (Å²) in [7, 11) is 6.08. The molecule has 1 saturated heterocycles. The standard InChI is InChI=1S/C36H45N7O3/c1-8-25-11-10-12-26(9-2)33(25)40-36(45)46-29-20-31(42(7)22-29)32-24(4)21-37-35(39-32)38-30-14-13-27(19-23(30)3)34(44)43-17-15-28(16-18-43)41(5)6/h10-14,19-22,28H,8-9,15-18H2,1-7H3,(H,40,45)(H,37,38,39). The maximum Gasteiger partial charge on any atom is 0.417 e. The Balaban J connectivity index is 1.28. The molecule has 2 N–H and O–H groups in total. The van der Waals surface area contributed by atoms with Crippen molar-refractivity contribution >= 4 is 29.3 Å². The quantitative estimate of drug-likeness (QED) is 0.213. The number of nitrogens with zero attached hydrogens (tertiary/aromatic N) is 5. The number of anilines is 3. The van der Waals surface area contributed by atoms with Gasteiger partial charge in [0.2, 0.25) is 5.95 Å². The molecule has 0 atom stereocenters. The summed E-state index contributed by atoms with van der Waals surface area (Å²) in [5.74, 6) is 0.909. The van der Waals surface area contributed by atoms with E-state index in [4.69, 9.17) is 9.72 Å². The van der Waals surface area contributed by atoms with Crippen molar-refractivity contribution < 1.29 is 14.3 Å². The number of hydrogen-bond donors (Lipinski definition) is 2. The molecule has 0 bridgehead atoms.